The van der Waals surface area contributed by atoms with Crippen molar-refractivity contribution in [2.75, 3.05) is 5.73 Å². The average molecular weight is 264 g/mol. The minimum Gasteiger partial charge on any atom is -0.457 e. The van der Waals surface area contributed by atoms with Crippen LogP contribution in [0.15, 0.2) is 48.7 Å². The number of fused-ring (bicyclic) bond motifs is 1. The van der Waals surface area contributed by atoms with Crippen LogP contribution in [-0.4, -0.2) is 4.98 Å². The van der Waals surface area contributed by atoms with Gasteiger partial charge in [0.25, 0.3) is 0 Å². The Kier molecular flexibility index (Phi) is 3.03. The topological polar surface area (TPSA) is 48.1 Å². The molecular formula is C17H16N2O. The summed E-state index contributed by atoms with van der Waals surface area (Å²) in [5.74, 6) is 1.63. The van der Waals surface area contributed by atoms with Gasteiger partial charge in [-0.15, -0.1) is 0 Å². The number of anilines is 1. The number of nitrogen functional groups attached to an aromatic ring is 1. The van der Waals surface area contributed by atoms with Gasteiger partial charge < -0.3 is 10.5 Å². The van der Waals surface area contributed by atoms with Crippen molar-refractivity contribution in [3.05, 3.63) is 59.8 Å². The highest BCUT2D eigenvalue weighted by Crippen LogP contribution is 2.30. The number of rotatable bonds is 2. The average Bonchev–Trinajstić information content (AvgIpc) is 2.37. The SMILES string of the molecule is Cc1cc(C)cc(Oc2ccnc3cc(N)ccc23)c1. The van der Waals surface area contributed by atoms with Crippen LogP contribution in [0.4, 0.5) is 5.69 Å². The second kappa shape index (κ2) is 4.85. The van der Waals surface area contributed by atoms with Gasteiger partial charge in [-0.3, -0.25) is 4.98 Å². The molecule has 0 amide bonds. The highest BCUT2D eigenvalue weighted by molar-refractivity contribution is 5.87. The maximum absolute atomic E-state index is 6.01. The fraction of sp³-hybridized carbons (Fsp3) is 0.118. The lowest BCUT2D eigenvalue weighted by Gasteiger charge is -2.10. The summed E-state index contributed by atoms with van der Waals surface area (Å²) in [6.45, 7) is 4.12. The second-order valence-corrected chi connectivity index (χ2v) is 5.01. The van der Waals surface area contributed by atoms with Gasteiger partial charge in [-0.1, -0.05) is 6.07 Å². The zero-order valence-electron chi connectivity index (χ0n) is 11.6. The van der Waals surface area contributed by atoms with Crippen molar-refractivity contribution >= 4 is 16.6 Å². The van der Waals surface area contributed by atoms with Crippen LogP contribution in [0.2, 0.25) is 0 Å². The van der Waals surface area contributed by atoms with Crippen LogP contribution in [-0.2, 0) is 0 Å². The number of nitrogens with two attached hydrogens (primary N) is 1. The van der Waals surface area contributed by atoms with Gasteiger partial charge >= 0.3 is 0 Å². The Labute approximate surface area is 118 Å². The third-order valence-electron chi connectivity index (χ3n) is 3.15. The Balaban J connectivity index is 2.06. The molecule has 0 aliphatic carbocycles. The fourth-order valence-electron chi connectivity index (χ4n) is 2.35. The molecule has 0 saturated carbocycles. The predicted molar refractivity (Wildman–Crippen MR) is 82.1 cm³/mol. The Morgan fingerprint density at radius 1 is 0.950 bits per heavy atom. The number of benzene rings is 2. The molecule has 0 fully saturated rings. The Hall–Kier alpha value is -2.55. The molecule has 0 aliphatic rings. The molecule has 0 radical (unpaired) electrons. The van der Waals surface area contributed by atoms with Crippen molar-refractivity contribution in [3.63, 3.8) is 0 Å². The van der Waals surface area contributed by atoms with Gasteiger partial charge in [-0.2, -0.15) is 0 Å². The van der Waals surface area contributed by atoms with Crippen molar-refractivity contribution in [3.8, 4) is 11.5 Å². The number of hydrogen-bond donors (Lipinski definition) is 1. The van der Waals surface area contributed by atoms with Gasteiger partial charge in [-0.05, 0) is 61.4 Å². The van der Waals surface area contributed by atoms with Crippen LogP contribution in [0.25, 0.3) is 10.9 Å². The summed E-state index contributed by atoms with van der Waals surface area (Å²) >= 11 is 0. The maximum atomic E-state index is 6.01. The number of ether oxygens (including phenoxy) is 1. The lowest BCUT2D eigenvalue weighted by molar-refractivity contribution is 0.487. The third kappa shape index (κ3) is 2.43. The Bertz CT molecular complexity index is 761. The fourth-order valence-corrected chi connectivity index (χ4v) is 2.35. The molecule has 3 nitrogen and oxygen atoms in total. The molecule has 100 valence electrons. The summed E-state index contributed by atoms with van der Waals surface area (Å²) < 4.78 is 6.01. The molecule has 3 heteroatoms. The van der Waals surface area contributed by atoms with E-state index in [2.05, 4.69) is 24.9 Å². The van der Waals surface area contributed by atoms with E-state index in [1.807, 2.05) is 36.4 Å². The van der Waals surface area contributed by atoms with E-state index in [9.17, 15) is 0 Å². The van der Waals surface area contributed by atoms with Crippen molar-refractivity contribution in [2.45, 2.75) is 13.8 Å². The molecule has 20 heavy (non-hydrogen) atoms. The molecule has 0 spiro atoms. The maximum Gasteiger partial charge on any atom is 0.138 e. The normalized spacial score (nSPS) is 10.7. The van der Waals surface area contributed by atoms with Crippen LogP contribution in [0, 0.1) is 13.8 Å². The van der Waals surface area contributed by atoms with Crippen LogP contribution in [0.3, 0.4) is 0 Å². The zero-order valence-corrected chi connectivity index (χ0v) is 11.6. The lowest BCUT2D eigenvalue weighted by atomic mass is 10.1. The van der Waals surface area contributed by atoms with Gasteiger partial charge in [0.2, 0.25) is 0 Å². The highest BCUT2D eigenvalue weighted by atomic mass is 16.5. The van der Waals surface area contributed by atoms with E-state index < -0.39 is 0 Å². The summed E-state index contributed by atoms with van der Waals surface area (Å²) in [6, 6.07) is 13.7. The standard InChI is InChI=1S/C17H16N2O/c1-11-7-12(2)9-14(8-11)20-17-5-6-19-16-10-13(18)3-4-15(16)17/h3-10H,18H2,1-2H3. The molecule has 2 aromatic carbocycles. The summed E-state index contributed by atoms with van der Waals surface area (Å²) in [5.41, 5.74) is 9.69. The molecule has 0 saturated heterocycles. The summed E-state index contributed by atoms with van der Waals surface area (Å²) in [5, 5.41) is 0.959. The number of nitrogens with zero attached hydrogens (tertiary/aromatic N) is 1. The highest BCUT2D eigenvalue weighted by Gasteiger charge is 2.05. The molecule has 1 heterocycles. The Morgan fingerprint density at radius 2 is 1.70 bits per heavy atom. The lowest BCUT2D eigenvalue weighted by Crippen LogP contribution is -1.91. The number of pyridine rings is 1. The van der Waals surface area contributed by atoms with Crippen LogP contribution < -0.4 is 10.5 Å². The van der Waals surface area contributed by atoms with E-state index in [0.29, 0.717) is 5.69 Å². The van der Waals surface area contributed by atoms with E-state index in [1.54, 1.807) is 6.20 Å². The van der Waals surface area contributed by atoms with Gasteiger partial charge in [0.1, 0.15) is 11.5 Å². The summed E-state index contributed by atoms with van der Waals surface area (Å²) in [7, 11) is 0. The van der Waals surface area contributed by atoms with Gasteiger partial charge in [0, 0.05) is 17.3 Å². The first-order valence-corrected chi connectivity index (χ1v) is 6.52. The third-order valence-corrected chi connectivity index (χ3v) is 3.15. The predicted octanol–water partition coefficient (Wildman–Crippen LogP) is 4.23. The van der Waals surface area contributed by atoms with Gasteiger partial charge in [0.05, 0.1) is 5.52 Å². The molecular weight excluding hydrogens is 248 g/mol. The van der Waals surface area contributed by atoms with Crippen molar-refractivity contribution in [1.82, 2.24) is 4.98 Å². The summed E-state index contributed by atoms with van der Waals surface area (Å²) in [6.07, 6.45) is 1.74. The molecule has 0 atom stereocenters. The van der Waals surface area contributed by atoms with E-state index in [4.69, 9.17) is 10.5 Å². The number of hydrogen-bond acceptors (Lipinski definition) is 3. The number of aryl methyl sites for hydroxylation is 2. The van der Waals surface area contributed by atoms with Crippen LogP contribution >= 0.6 is 0 Å². The van der Waals surface area contributed by atoms with Crippen LogP contribution in [0.5, 0.6) is 11.5 Å². The molecule has 2 N–H and O–H groups in total. The van der Waals surface area contributed by atoms with E-state index in [1.165, 1.54) is 11.1 Å². The van der Waals surface area contributed by atoms with E-state index in [-0.39, 0.29) is 0 Å². The first kappa shape index (κ1) is 12.5. The quantitative estimate of drug-likeness (QED) is 0.705. The second-order valence-electron chi connectivity index (χ2n) is 5.01. The zero-order chi connectivity index (χ0) is 14.1. The van der Waals surface area contributed by atoms with Crippen molar-refractivity contribution < 1.29 is 4.74 Å². The monoisotopic (exact) mass is 264 g/mol. The first-order valence-electron chi connectivity index (χ1n) is 6.52. The van der Waals surface area contributed by atoms with Gasteiger partial charge in [0.15, 0.2) is 0 Å². The molecule has 0 unspecified atom stereocenters. The largest absolute Gasteiger partial charge is 0.457 e. The smallest absolute Gasteiger partial charge is 0.138 e. The molecule has 0 aliphatic heterocycles. The van der Waals surface area contributed by atoms with Gasteiger partial charge in [-0.25, -0.2) is 0 Å². The summed E-state index contributed by atoms with van der Waals surface area (Å²) in [4.78, 5) is 4.32. The van der Waals surface area contributed by atoms with Crippen LogP contribution in [0.1, 0.15) is 11.1 Å². The minimum absolute atomic E-state index is 0.702. The molecule has 3 aromatic rings. The van der Waals surface area contributed by atoms with Crippen molar-refractivity contribution in [1.29, 1.82) is 0 Å². The molecule has 0 bridgehead atoms. The van der Waals surface area contributed by atoms with E-state index >= 15 is 0 Å². The Morgan fingerprint density at radius 3 is 2.45 bits per heavy atom. The first-order chi connectivity index (χ1) is 9.61. The van der Waals surface area contributed by atoms with E-state index in [0.717, 1.165) is 22.4 Å². The molecule has 3 rings (SSSR count). The molecule has 1 aromatic heterocycles. The van der Waals surface area contributed by atoms with Crippen molar-refractivity contribution in [2.24, 2.45) is 0 Å². The number of aromatic nitrogens is 1. The minimum atomic E-state index is 0.702.